The van der Waals surface area contributed by atoms with E-state index in [1.165, 1.54) is 12.0 Å². The summed E-state index contributed by atoms with van der Waals surface area (Å²) < 4.78 is 5.34. The number of hydrogen-bond donors (Lipinski definition) is 0. The zero-order chi connectivity index (χ0) is 14.8. The van der Waals surface area contributed by atoms with Crippen molar-refractivity contribution in [1.82, 2.24) is 9.96 Å². The average molecular weight is 272 g/mol. The van der Waals surface area contributed by atoms with Gasteiger partial charge in [-0.25, -0.2) is 9.86 Å². The minimum absolute atomic E-state index is 0.224. The van der Waals surface area contributed by atoms with Gasteiger partial charge in [-0.05, 0) is 33.1 Å². The van der Waals surface area contributed by atoms with Gasteiger partial charge in [-0.1, -0.05) is 6.92 Å². The number of hydrogen-bond acceptors (Lipinski definition) is 4. The molecular weight excluding hydrogens is 248 g/mol. The van der Waals surface area contributed by atoms with Gasteiger partial charge in [0.15, 0.2) is 0 Å². The molecule has 1 aliphatic heterocycles. The number of likely N-dealkylation sites (tertiary alicyclic amines) is 1. The number of rotatable bonds is 2. The lowest BCUT2D eigenvalue weighted by Gasteiger charge is -2.29. The molecule has 6 nitrogen and oxygen atoms in total. The molecule has 2 amide bonds. The van der Waals surface area contributed by atoms with Gasteiger partial charge >= 0.3 is 6.09 Å². The minimum Gasteiger partial charge on any atom is -0.444 e. The molecule has 1 fully saturated rings. The Bertz CT molecular complexity index is 351. The fourth-order valence-electron chi connectivity index (χ4n) is 2.10. The number of ether oxygens (including phenoxy) is 1. The summed E-state index contributed by atoms with van der Waals surface area (Å²) in [6, 6.07) is -0.505. The first-order chi connectivity index (χ1) is 8.65. The standard InChI is InChI=1S/C13H24N2O4/c1-9-7-10(11(16)14(5)18-6)15(8-9)12(17)19-13(2,3)4/h9-10H,7-8H2,1-6H3/t9-,10-/m0/s1. The van der Waals surface area contributed by atoms with E-state index < -0.39 is 17.7 Å². The number of carbonyl (C=O) groups excluding carboxylic acids is 2. The zero-order valence-corrected chi connectivity index (χ0v) is 12.6. The predicted octanol–water partition coefficient (Wildman–Crippen LogP) is 1.65. The molecule has 2 atom stereocenters. The highest BCUT2D eigenvalue weighted by molar-refractivity contribution is 5.85. The maximum Gasteiger partial charge on any atom is 0.410 e. The Morgan fingerprint density at radius 2 is 1.89 bits per heavy atom. The largest absolute Gasteiger partial charge is 0.444 e. The van der Waals surface area contributed by atoms with Crippen molar-refractivity contribution >= 4 is 12.0 Å². The first kappa shape index (κ1) is 15.8. The summed E-state index contributed by atoms with van der Waals surface area (Å²) in [6.45, 7) is 7.97. The van der Waals surface area contributed by atoms with Gasteiger partial charge in [0, 0.05) is 13.6 Å². The van der Waals surface area contributed by atoms with E-state index in [0.717, 1.165) is 5.06 Å². The van der Waals surface area contributed by atoms with Gasteiger partial charge in [0.25, 0.3) is 5.91 Å². The highest BCUT2D eigenvalue weighted by Crippen LogP contribution is 2.26. The van der Waals surface area contributed by atoms with Crippen LogP contribution >= 0.6 is 0 Å². The normalized spacial score (nSPS) is 23.4. The SMILES string of the molecule is CON(C)C(=O)[C@@H]1C[C@H](C)CN1C(=O)OC(C)(C)C. The second-order valence-corrected chi connectivity index (χ2v) is 6.01. The second-order valence-electron chi connectivity index (χ2n) is 6.01. The Kier molecular flexibility index (Phi) is 4.79. The van der Waals surface area contributed by atoms with E-state index >= 15 is 0 Å². The lowest BCUT2D eigenvalue weighted by molar-refractivity contribution is -0.173. The van der Waals surface area contributed by atoms with Crippen molar-refractivity contribution in [3.8, 4) is 0 Å². The molecule has 1 aliphatic rings. The van der Waals surface area contributed by atoms with E-state index in [-0.39, 0.29) is 11.8 Å². The highest BCUT2D eigenvalue weighted by Gasteiger charge is 2.41. The van der Waals surface area contributed by atoms with Crippen molar-refractivity contribution in [3.63, 3.8) is 0 Å². The fourth-order valence-corrected chi connectivity index (χ4v) is 2.10. The lowest BCUT2D eigenvalue weighted by atomic mass is 10.1. The summed E-state index contributed by atoms with van der Waals surface area (Å²) in [7, 11) is 2.96. The molecule has 0 unspecified atom stereocenters. The number of amides is 2. The first-order valence-corrected chi connectivity index (χ1v) is 6.47. The van der Waals surface area contributed by atoms with Gasteiger partial charge in [0.05, 0.1) is 7.11 Å². The lowest BCUT2D eigenvalue weighted by Crippen LogP contribution is -2.47. The zero-order valence-electron chi connectivity index (χ0n) is 12.6. The third kappa shape index (κ3) is 4.09. The molecular formula is C13H24N2O4. The summed E-state index contributed by atoms with van der Waals surface area (Å²) in [5.74, 6) is 0.0458. The molecule has 110 valence electrons. The molecule has 6 heteroatoms. The molecule has 0 saturated carbocycles. The van der Waals surface area contributed by atoms with Crippen LogP contribution in [-0.2, 0) is 14.4 Å². The van der Waals surface area contributed by atoms with Crippen LogP contribution in [0.4, 0.5) is 4.79 Å². The van der Waals surface area contributed by atoms with Crippen LogP contribution in [0.15, 0.2) is 0 Å². The van der Waals surface area contributed by atoms with Crippen molar-refractivity contribution < 1.29 is 19.2 Å². The van der Waals surface area contributed by atoms with Gasteiger partial charge in [-0.2, -0.15) is 0 Å². The van der Waals surface area contributed by atoms with Gasteiger partial charge in [0.2, 0.25) is 0 Å². The monoisotopic (exact) mass is 272 g/mol. The summed E-state index contributed by atoms with van der Waals surface area (Å²) >= 11 is 0. The van der Waals surface area contributed by atoms with Gasteiger partial charge in [-0.15, -0.1) is 0 Å². The predicted molar refractivity (Wildman–Crippen MR) is 70.3 cm³/mol. The maximum atomic E-state index is 12.2. The third-order valence-electron chi connectivity index (χ3n) is 3.01. The number of carbonyl (C=O) groups is 2. The van der Waals surface area contributed by atoms with Crippen molar-refractivity contribution in [2.24, 2.45) is 5.92 Å². The summed E-state index contributed by atoms with van der Waals surface area (Å²) in [4.78, 5) is 30.7. The van der Waals surface area contributed by atoms with E-state index in [0.29, 0.717) is 13.0 Å². The number of likely N-dealkylation sites (N-methyl/N-ethyl adjacent to an activating group) is 1. The molecule has 0 N–H and O–H groups in total. The number of hydroxylamine groups is 2. The Morgan fingerprint density at radius 1 is 1.32 bits per heavy atom. The van der Waals surface area contributed by atoms with Crippen LogP contribution in [0.2, 0.25) is 0 Å². The Balaban J connectivity index is 2.80. The number of nitrogens with zero attached hydrogens (tertiary/aromatic N) is 2. The van der Waals surface area contributed by atoms with E-state index in [9.17, 15) is 9.59 Å². The molecule has 0 aromatic heterocycles. The smallest absolute Gasteiger partial charge is 0.410 e. The Hall–Kier alpha value is -1.30. The maximum absolute atomic E-state index is 12.2. The van der Waals surface area contributed by atoms with E-state index in [2.05, 4.69) is 0 Å². The van der Waals surface area contributed by atoms with Crippen LogP contribution in [0, 0.1) is 5.92 Å². The van der Waals surface area contributed by atoms with Crippen LogP contribution in [0.1, 0.15) is 34.1 Å². The molecule has 1 saturated heterocycles. The van der Waals surface area contributed by atoms with Crippen molar-refractivity contribution in [1.29, 1.82) is 0 Å². The second kappa shape index (κ2) is 5.77. The molecule has 0 aromatic rings. The van der Waals surface area contributed by atoms with Crippen LogP contribution in [0.3, 0.4) is 0 Å². The van der Waals surface area contributed by atoms with Gasteiger partial charge in [-0.3, -0.25) is 14.5 Å². The fraction of sp³-hybridized carbons (Fsp3) is 0.846. The van der Waals surface area contributed by atoms with Crippen LogP contribution in [0.5, 0.6) is 0 Å². The Morgan fingerprint density at radius 3 is 2.37 bits per heavy atom. The average Bonchev–Trinajstić information content (AvgIpc) is 2.67. The first-order valence-electron chi connectivity index (χ1n) is 6.47. The summed E-state index contributed by atoms with van der Waals surface area (Å²) in [6.07, 6.45) is 0.186. The van der Waals surface area contributed by atoms with Crippen molar-refractivity contribution in [2.75, 3.05) is 20.7 Å². The molecule has 1 rings (SSSR count). The molecule has 19 heavy (non-hydrogen) atoms. The van der Waals surface area contributed by atoms with Crippen LogP contribution in [-0.4, -0.2) is 54.3 Å². The summed E-state index contributed by atoms with van der Waals surface area (Å²) in [5.41, 5.74) is -0.566. The molecule has 0 radical (unpaired) electrons. The quantitative estimate of drug-likeness (QED) is 0.717. The highest BCUT2D eigenvalue weighted by atomic mass is 16.7. The van der Waals surface area contributed by atoms with Crippen LogP contribution < -0.4 is 0 Å². The van der Waals surface area contributed by atoms with Crippen LogP contribution in [0.25, 0.3) is 0 Å². The Labute approximate surface area is 114 Å². The van der Waals surface area contributed by atoms with Gasteiger partial charge < -0.3 is 4.74 Å². The molecule has 0 spiro atoms. The van der Waals surface area contributed by atoms with E-state index in [4.69, 9.17) is 9.57 Å². The molecule has 0 aliphatic carbocycles. The van der Waals surface area contributed by atoms with E-state index in [1.54, 1.807) is 7.05 Å². The van der Waals surface area contributed by atoms with E-state index in [1.807, 2.05) is 27.7 Å². The van der Waals surface area contributed by atoms with Crippen molar-refractivity contribution in [2.45, 2.75) is 45.8 Å². The molecule has 0 aromatic carbocycles. The topological polar surface area (TPSA) is 59.1 Å². The van der Waals surface area contributed by atoms with Crippen molar-refractivity contribution in [3.05, 3.63) is 0 Å². The minimum atomic E-state index is -0.566. The summed E-state index contributed by atoms with van der Waals surface area (Å²) in [5, 5.41) is 1.15. The van der Waals surface area contributed by atoms with Gasteiger partial charge in [0.1, 0.15) is 11.6 Å². The molecule has 0 bridgehead atoms. The molecule has 1 heterocycles. The third-order valence-corrected chi connectivity index (χ3v) is 3.01.